The second-order valence-corrected chi connectivity index (χ2v) is 6.01. The van der Waals surface area contributed by atoms with E-state index in [0.29, 0.717) is 0 Å². The van der Waals surface area contributed by atoms with Gasteiger partial charge >= 0.3 is 0 Å². The highest BCUT2D eigenvalue weighted by Gasteiger charge is 2.24. The Balaban J connectivity index is 1.66. The van der Waals surface area contributed by atoms with Gasteiger partial charge in [0.05, 0.1) is 0 Å². The molecule has 1 unspecified atom stereocenters. The zero-order chi connectivity index (χ0) is 11.5. The van der Waals surface area contributed by atoms with Crippen molar-refractivity contribution in [2.24, 2.45) is 0 Å². The van der Waals surface area contributed by atoms with Crippen LogP contribution in [0.1, 0.15) is 17.9 Å². The van der Waals surface area contributed by atoms with Gasteiger partial charge in [-0.05, 0) is 31.1 Å². The Morgan fingerprint density at radius 1 is 1.24 bits per heavy atom. The molecular weight excluding hydrogens is 228 g/mol. The molecule has 0 aromatic heterocycles. The first-order chi connectivity index (χ1) is 8.43. The maximum Gasteiger partial charge on any atom is 0.0108 e. The van der Waals surface area contributed by atoms with Gasteiger partial charge < -0.3 is 10.2 Å². The molecule has 2 heterocycles. The lowest BCUT2D eigenvalue weighted by Gasteiger charge is -2.23. The van der Waals surface area contributed by atoms with Gasteiger partial charge in [-0.1, -0.05) is 18.2 Å². The number of benzene rings is 1. The normalized spacial score (nSPS) is 25.5. The minimum absolute atomic E-state index is 0.745. The second kappa shape index (κ2) is 5.42. The molecular formula is C14H20N2S. The standard InChI is InChI=1S/C14H20N2S/c1-2-5-14-13(4-1)12(11-17-14)10-16-8-3-6-15-7-9-16/h1-2,4-5,12,15H,3,6-11H2. The molecule has 0 bridgehead atoms. The van der Waals surface area contributed by atoms with Crippen LogP contribution < -0.4 is 5.32 Å². The monoisotopic (exact) mass is 248 g/mol. The van der Waals surface area contributed by atoms with E-state index in [1.807, 2.05) is 11.8 Å². The molecule has 17 heavy (non-hydrogen) atoms. The molecule has 0 saturated carbocycles. The zero-order valence-corrected chi connectivity index (χ0v) is 11.0. The van der Waals surface area contributed by atoms with Crippen molar-refractivity contribution in [1.82, 2.24) is 10.2 Å². The smallest absolute Gasteiger partial charge is 0.0108 e. The third-order valence-electron chi connectivity index (χ3n) is 3.71. The molecule has 0 radical (unpaired) electrons. The van der Waals surface area contributed by atoms with E-state index in [-0.39, 0.29) is 0 Å². The molecule has 1 atom stereocenters. The van der Waals surface area contributed by atoms with Crippen molar-refractivity contribution in [1.29, 1.82) is 0 Å². The summed E-state index contributed by atoms with van der Waals surface area (Å²) in [6.07, 6.45) is 1.29. The fraction of sp³-hybridized carbons (Fsp3) is 0.571. The lowest BCUT2D eigenvalue weighted by Crippen LogP contribution is -2.32. The molecule has 1 aromatic rings. The SMILES string of the molecule is c1ccc2c(c1)SCC2CN1CCCNCC1. The van der Waals surface area contributed by atoms with Gasteiger partial charge in [0.1, 0.15) is 0 Å². The topological polar surface area (TPSA) is 15.3 Å². The molecule has 2 aliphatic rings. The Hall–Kier alpha value is -0.510. The average Bonchev–Trinajstić information content (AvgIpc) is 2.59. The van der Waals surface area contributed by atoms with E-state index in [1.165, 1.54) is 43.2 Å². The number of nitrogens with one attached hydrogen (secondary N) is 1. The molecule has 0 spiro atoms. The third kappa shape index (κ3) is 2.67. The Morgan fingerprint density at radius 2 is 2.18 bits per heavy atom. The van der Waals surface area contributed by atoms with Gasteiger partial charge in [-0.3, -0.25) is 0 Å². The third-order valence-corrected chi connectivity index (χ3v) is 4.96. The number of nitrogens with zero attached hydrogens (tertiary/aromatic N) is 1. The predicted molar refractivity (Wildman–Crippen MR) is 73.8 cm³/mol. The van der Waals surface area contributed by atoms with Crippen LogP contribution in [0.3, 0.4) is 0 Å². The molecule has 1 N–H and O–H groups in total. The molecule has 0 aliphatic carbocycles. The van der Waals surface area contributed by atoms with E-state index in [1.54, 1.807) is 5.56 Å². The van der Waals surface area contributed by atoms with Gasteiger partial charge in [0.15, 0.2) is 0 Å². The van der Waals surface area contributed by atoms with Crippen LogP contribution in [0, 0.1) is 0 Å². The lowest BCUT2D eigenvalue weighted by atomic mass is 10.0. The van der Waals surface area contributed by atoms with Crippen LogP contribution in [0.5, 0.6) is 0 Å². The summed E-state index contributed by atoms with van der Waals surface area (Å²) in [4.78, 5) is 4.14. The van der Waals surface area contributed by atoms with Crippen molar-refractivity contribution in [2.75, 3.05) is 38.5 Å². The summed E-state index contributed by atoms with van der Waals surface area (Å²) in [5, 5.41) is 3.47. The van der Waals surface area contributed by atoms with Crippen molar-refractivity contribution >= 4 is 11.8 Å². The van der Waals surface area contributed by atoms with E-state index < -0.39 is 0 Å². The largest absolute Gasteiger partial charge is 0.315 e. The summed E-state index contributed by atoms with van der Waals surface area (Å²) < 4.78 is 0. The second-order valence-electron chi connectivity index (χ2n) is 4.95. The van der Waals surface area contributed by atoms with Crippen LogP contribution in [0.2, 0.25) is 0 Å². The Kier molecular flexibility index (Phi) is 3.69. The van der Waals surface area contributed by atoms with E-state index in [9.17, 15) is 0 Å². The lowest BCUT2D eigenvalue weighted by molar-refractivity contribution is 0.279. The van der Waals surface area contributed by atoms with Gasteiger partial charge in [-0.25, -0.2) is 0 Å². The number of fused-ring (bicyclic) bond motifs is 1. The maximum absolute atomic E-state index is 3.47. The molecule has 2 nitrogen and oxygen atoms in total. The van der Waals surface area contributed by atoms with Gasteiger partial charge in [0.25, 0.3) is 0 Å². The first kappa shape index (κ1) is 11.6. The van der Waals surface area contributed by atoms with Crippen LogP contribution in [-0.4, -0.2) is 43.4 Å². The van der Waals surface area contributed by atoms with Crippen LogP contribution in [0.25, 0.3) is 0 Å². The Labute approximate surface area is 108 Å². The molecule has 3 heteroatoms. The first-order valence-corrected chi connectivity index (χ1v) is 7.57. The number of thioether (sulfide) groups is 1. The summed E-state index contributed by atoms with van der Waals surface area (Å²) in [5.74, 6) is 2.01. The van der Waals surface area contributed by atoms with Crippen molar-refractivity contribution in [3.8, 4) is 0 Å². The van der Waals surface area contributed by atoms with Crippen molar-refractivity contribution in [3.63, 3.8) is 0 Å². The van der Waals surface area contributed by atoms with Crippen molar-refractivity contribution in [3.05, 3.63) is 29.8 Å². The number of hydrogen-bond acceptors (Lipinski definition) is 3. The zero-order valence-electron chi connectivity index (χ0n) is 10.2. The summed E-state index contributed by atoms with van der Waals surface area (Å²) in [7, 11) is 0. The highest BCUT2D eigenvalue weighted by molar-refractivity contribution is 7.99. The van der Waals surface area contributed by atoms with E-state index >= 15 is 0 Å². The van der Waals surface area contributed by atoms with Gasteiger partial charge in [-0.15, -0.1) is 11.8 Å². The summed E-state index contributed by atoms with van der Waals surface area (Å²) >= 11 is 2.03. The van der Waals surface area contributed by atoms with Gasteiger partial charge in [0, 0.05) is 36.2 Å². The predicted octanol–water partition coefficient (Wildman–Crippen LogP) is 2.17. The average molecular weight is 248 g/mol. The molecule has 1 aromatic carbocycles. The fourth-order valence-electron chi connectivity index (χ4n) is 2.78. The Bertz CT molecular complexity index is 372. The number of rotatable bonds is 2. The number of hydrogen-bond donors (Lipinski definition) is 1. The Morgan fingerprint density at radius 3 is 3.18 bits per heavy atom. The minimum Gasteiger partial charge on any atom is -0.315 e. The van der Waals surface area contributed by atoms with Gasteiger partial charge in [0.2, 0.25) is 0 Å². The summed E-state index contributed by atoms with van der Waals surface area (Å²) in [6.45, 7) is 6.05. The first-order valence-electron chi connectivity index (χ1n) is 6.58. The van der Waals surface area contributed by atoms with Gasteiger partial charge in [-0.2, -0.15) is 0 Å². The highest BCUT2D eigenvalue weighted by atomic mass is 32.2. The van der Waals surface area contributed by atoms with Crippen LogP contribution >= 0.6 is 11.8 Å². The van der Waals surface area contributed by atoms with E-state index in [2.05, 4.69) is 34.5 Å². The van der Waals surface area contributed by atoms with Crippen molar-refractivity contribution < 1.29 is 0 Å². The molecule has 92 valence electrons. The molecule has 3 rings (SSSR count). The fourth-order valence-corrected chi connectivity index (χ4v) is 4.02. The molecule has 0 amide bonds. The van der Waals surface area contributed by atoms with Crippen LogP contribution in [0.15, 0.2) is 29.2 Å². The van der Waals surface area contributed by atoms with Crippen LogP contribution in [-0.2, 0) is 0 Å². The van der Waals surface area contributed by atoms with E-state index in [0.717, 1.165) is 12.5 Å². The van der Waals surface area contributed by atoms with Crippen molar-refractivity contribution in [2.45, 2.75) is 17.2 Å². The minimum atomic E-state index is 0.745. The quantitative estimate of drug-likeness (QED) is 0.863. The summed E-state index contributed by atoms with van der Waals surface area (Å²) in [6, 6.07) is 8.92. The highest BCUT2D eigenvalue weighted by Crippen LogP contribution is 2.39. The summed E-state index contributed by atoms with van der Waals surface area (Å²) in [5.41, 5.74) is 1.58. The van der Waals surface area contributed by atoms with Crippen LogP contribution in [0.4, 0.5) is 0 Å². The maximum atomic E-state index is 3.47. The van der Waals surface area contributed by atoms with E-state index in [4.69, 9.17) is 0 Å². The molecule has 1 saturated heterocycles. The molecule has 2 aliphatic heterocycles. The molecule has 1 fully saturated rings.